The van der Waals surface area contributed by atoms with E-state index >= 15 is 0 Å². The van der Waals surface area contributed by atoms with E-state index in [9.17, 15) is 14.0 Å². The molecule has 0 saturated heterocycles. The monoisotopic (exact) mass is 319 g/mol. The molecule has 6 heteroatoms. The summed E-state index contributed by atoms with van der Waals surface area (Å²) in [7, 11) is 0. The Morgan fingerprint density at radius 1 is 1.17 bits per heavy atom. The molecule has 0 aliphatic rings. The highest BCUT2D eigenvalue weighted by atomic mass is 19.1. The molecule has 1 aromatic heterocycles. The van der Waals surface area contributed by atoms with Crippen molar-refractivity contribution in [2.75, 3.05) is 0 Å². The number of amides is 1. The summed E-state index contributed by atoms with van der Waals surface area (Å²) in [6.45, 7) is 5.33. The summed E-state index contributed by atoms with van der Waals surface area (Å²) < 4.78 is 24.2. The normalized spacial score (nSPS) is 12.5. The summed E-state index contributed by atoms with van der Waals surface area (Å²) in [5.41, 5.74) is -0.577. The van der Waals surface area contributed by atoms with E-state index in [0.717, 1.165) is 0 Å². The first-order valence-electron chi connectivity index (χ1n) is 7.09. The summed E-state index contributed by atoms with van der Waals surface area (Å²) >= 11 is 0. The molecule has 2 rings (SSSR count). The molecule has 1 heterocycles. The standard InChI is InChI=1S/C17H18FNO4/c1-17(2,3)19-15(20)14(11-7-4-5-8-12(11)18)23-16(21)13-9-6-10-22-13/h4-10,14H,1-3H3,(H,19,20)/t14-/m1/s1. The van der Waals surface area contributed by atoms with Crippen LogP contribution < -0.4 is 5.32 Å². The molecule has 0 aliphatic carbocycles. The van der Waals surface area contributed by atoms with Crippen LogP contribution >= 0.6 is 0 Å². The van der Waals surface area contributed by atoms with Crippen molar-refractivity contribution in [3.63, 3.8) is 0 Å². The second-order valence-electron chi connectivity index (χ2n) is 6.02. The highest BCUT2D eigenvalue weighted by Crippen LogP contribution is 2.23. The van der Waals surface area contributed by atoms with Crippen LogP contribution in [0.5, 0.6) is 0 Å². The van der Waals surface area contributed by atoms with Gasteiger partial charge in [0, 0.05) is 11.1 Å². The van der Waals surface area contributed by atoms with Crippen LogP contribution in [-0.2, 0) is 9.53 Å². The van der Waals surface area contributed by atoms with Crippen molar-refractivity contribution in [3.8, 4) is 0 Å². The lowest BCUT2D eigenvalue weighted by Crippen LogP contribution is -2.44. The molecular formula is C17H18FNO4. The van der Waals surface area contributed by atoms with Gasteiger partial charge in [0.15, 0.2) is 0 Å². The van der Waals surface area contributed by atoms with E-state index in [0.29, 0.717) is 0 Å². The number of rotatable bonds is 4. The molecule has 2 aromatic rings. The SMILES string of the molecule is CC(C)(C)NC(=O)[C@H](OC(=O)c1ccco1)c1ccccc1F. The number of furan rings is 1. The van der Waals surface area contributed by atoms with Crippen LogP contribution in [0.1, 0.15) is 43.0 Å². The van der Waals surface area contributed by atoms with Crippen molar-refractivity contribution in [2.24, 2.45) is 0 Å². The van der Waals surface area contributed by atoms with E-state index in [1.54, 1.807) is 26.8 Å². The Labute approximate surface area is 133 Å². The first kappa shape index (κ1) is 16.7. The number of carbonyl (C=O) groups is 2. The van der Waals surface area contributed by atoms with Crippen molar-refractivity contribution >= 4 is 11.9 Å². The summed E-state index contributed by atoms with van der Waals surface area (Å²) in [5, 5.41) is 2.68. The van der Waals surface area contributed by atoms with Gasteiger partial charge in [0.05, 0.1) is 6.26 Å². The van der Waals surface area contributed by atoms with Crippen LogP contribution in [0.3, 0.4) is 0 Å². The minimum Gasteiger partial charge on any atom is -0.457 e. The zero-order chi connectivity index (χ0) is 17.0. The largest absolute Gasteiger partial charge is 0.457 e. The van der Waals surface area contributed by atoms with E-state index < -0.39 is 29.3 Å². The van der Waals surface area contributed by atoms with Crippen LogP contribution in [-0.4, -0.2) is 17.4 Å². The summed E-state index contributed by atoms with van der Waals surface area (Å²) in [6.07, 6.45) is -0.0998. The lowest BCUT2D eigenvalue weighted by atomic mass is 10.0. The van der Waals surface area contributed by atoms with Crippen LogP contribution in [0.15, 0.2) is 47.1 Å². The Hall–Kier alpha value is -2.63. The molecule has 5 nitrogen and oxygen atoms in total. The molecule has 1 amide bonds. The smallest absolute Gasteiger partial charge is 0.375 e. The zero-order valence-corrected chi connectivity index (χ0v) is 13.1. The fraction of sp³-hybridized carbons (Fsp3) is 0.294. The number of esters is 1. The molecule has 1 N–H and O–H groups in total. The van der Waals surface area contributed by atoms with E-state index in [1.807, 2.05) is 0 Å². The van der Waals surface area contributed by atoms with Crippen molar-refractivity contribution in [2.45, 2.75) is 32.4 Å². The van der Waals surface area contributed by atoms with Crippen molar-refractivity contribution in [1.82, 2.24) is 5.32 Å². The molecule has 1 aromatic carbocycles. The third-order valence-corrected chi connectivity index (χ3v) is 2.87. The summed E-state index contributed by atoms with van der Waals surface area (Å²) in [4.78, 5) is 24.5. The Bertz CT molecular complexity index is 689. The van der Waals surface area contributed by atoms with Gasteiger partial charge in [-0.25, -0.2) is 9.18 Å². The van der Waals surface area contributed by atoms with Crippen LogP contribution in [0.2, 0.25) is 0 Å². The second kappa shape index (κ2) is 6.64. The van der Waals surface area contributed by atoms with E-state index in [4.69, 9.17) is 9.15 Å². The lowest BCUT2D eigenvalue weighted by molar-refractivity contribution is -0.132. The molecule has 0 bridgehead atoms. The Morgan fingerprint density at radius 2 is 1.87 bits per heavy atom. The van der Waals surface area contributed by atoms with Crippen LogP contribution in [0, 0.1) is 5.82 Å². The maximum Gasteiger partial charge on any atom is 0.375 e. The van der Waals surface area contributed by atoms with Gasteiger partial charge in [0.1, 0.15) is 5.82 Å². The molecular weight excluding hydrogens is 301 g/mol. The third kappa shape index (κ3) is 4.42. The molecule has 0 radical (unpaired) electrons. The van der Waals surface area contributed by atoms with Crippen LogP contribution in [0.25, 0.3) is 0 Å². The Morgan fingerprint density at radius 3 is 2.43 bits per heavy atom. The molecule has 23 heavy (non-hydrogen) atoms. The maximum absolute atomic E-state index is 14.0. The van der Waals surface area contributed by atoms with Gasteiger partial charge in [-0.2, -0.15) is 0 Å². The van der Waals surface area contributed by atoms with Crippen molar-refractivity contribution < 1.29 is 23.1 Å². The van der Waals surface area contributed by atoms with Gasteiger partial charge in [-0.1, -0.05) is 18.2 Å². The van der Waals surface area contributed by atoms with Gasteiger partial charge >= 0.3 is 5.97 Å². The fourth-order valence-corrected chi connectivity index (χ4v) is 1.94. The number of hydrogen-bond acceptors (Lipinski definition) is 4. The molecule has 0 unspecified atom stereocenters. The number of hydrogen-bond donors (Lipinski definition) is 1. The van der Waals surface area contributed by atoms with Gasteiger partial charge in [-0.15, -0.1) is 0 Å². The van der Waals surface area contributed by atoms with Gasteiger partial charge < -0.3 is 14.5 Å². The molecule has 1 atom stereocenters. The number of nitrogens with one attached hydrogen (secondary N) is 1. The number of halogens is 1. The maximum atomic E-state index is 14.0. The van der Waals surface area contributed by atoms with Crippen LogP contribution in [0.4, 0.5) is 4.39 Å². The Balaban J connectivity index is 2.30. The van der Waals surface area contributed by atoms with E-state index in [2.05, 4.69) is 5.32 Å². The zero-order valence-electron chi connectivity index (χ0n) is 13.1. The second-order valence-corrected chi connectivity index (χ2v) is 6.02. The lowest BCUT2D eigenvalue weighted by Gasteiger charge is -2.25. The van der Waals surface area contributed by atoms with Gasteiger partial charge in [-0.05, 0) is 39.0 Å². The molecule has 122 valence electrons. The molecule has 0 spiro atoms. The topological polar surface area (TPSA) is 68.5 Å². The average molecular weight is 319 g/mol. The third-order valence-electron chi connectivity index (χ3n) is 2.87. The highest BCUT2D eigenvalue weighted by Gasteiger charge is 2.31. The molecule has 0 fully saturated rings. The number of ether oxygens (including phenoxy) is 1. The van der Waals surface area contributed by atoms with Gasteiger partial charge in [0.25, 0.3) is 5.91 Å². The molecule has 0 aliphatic heterocycles. The first-order chi connectivity index (χ1) is 10.8. The highest BCUT2D eigenvalue weighted by molar-refractivity contribution is 5.90. The van der Waals surface area contributed by atoms with Crippen molar-refractivity contribution in [1.29, 1.82) is 0 Å². The summed E-state index contributed by atoms with van der Waals surface area (Å²) in [6, 6.07) is 8.58. The predicted octanol–water partition coefficient (Wildman–Crippen LogP) is 3.23. The number of carbonyl (C=O) groups excluding carboxylic acids is 2. The average Bonchev–Trinajstić information content (AvgIpc) is 2.97. The first-order valence-corrected chi connectivity index (χ1v) is 7.09. The Kier molecular flexibility index (Phi) is 4.83. The number of benzene rings is 1. The molecule has 0 saturated carbocycles. The van der Waals surface area contributed by atoms with Crippen molar-refractivity contribution in [3.05, 3.63) is 59.8 Å². The summed E-state index contributed by atoms with van der Waals surface area (Å²) in [5.74, 6) is -2.14. The van der Waals surface area contributed by atoms with Gasteiger partial charge in [0.2, 0.25) is 11.9 Å². The minimum atomic E-state index is -1.41. The van der Waals surface area contributed by atoms with Gasteiger partial charge in [-0.3, -0.25) is 4.79 Å². The predicted molar refractivity (Wildman–Crippen MR) is 81.2 cm³/mol. The van der Waals surface area contributed by atoms with E-state index in [1.165, 1.54) is 36.6 Å². The fourth-order valence-electron chi connectivity index (χ4n) is 1.94. The minimum absolute atomic E-state index is 0.0193. The quantitative estimate of drug-likeness (QED) is 0.879. The van der Waals surface area contributed by atoms with E-state index in [-0.39, 0.29) is 11.3 Å².